The van der Waals surface area contributed by atoms with Crippen molar-refractivity contribution < 1.29 is 1.43 Å². The minimum atomic E-state index is 0. The van der Waals surface area contributed by atoms with Crippen molar-refractivity contribution in [1.82, 2.24) is 5.32 Å². The molecule has 2 nitrogen and oxygen atoms in total. The summed E-state index contributed by atoms with van der Waals surface area (Å²) in [6.45, 7) is 0. The summed E-state index contributed by atoms with van der Waals surface area (Å²) in [6.07, 6.45) is 16.6. The molecule has 17 heavy (non-hydrogen) atoms. The molecule has 0 aliphatic heterocycles. The van der Waals surface area contributed by atoms with Crippen molar-refractivity contribution in [2.24, 2.45) is 4.99 Å². The smallest absolute Gasteiger partial charge is 0.108 e. The zero-order chi connectivity index (χ0) is 11.8. The van der Waals surface area contributed by atoms with Crippen LogP contribution in [0.4, 0.5) is 0 Å². The maximum Gasteiger partial charge on any atom is 0.108 e. The number of nitrogens with zero attached hydrogens (tertiary/aromatic N) is 1. The van der Waals surface area contributed by atoms with E-state index in [4.69, 9.17) is 0 Å². The molecule has 0 aromatic carbocycles. The second-order valence-electron chi connectivity index (χ2n) is 3.39. The predicted octanol–water partition coefficient (Wildman–Crippen LogP) is 2.96. The third-order valence-corrected chi connectivity index (χ3v) is 2.11. The lowest BCUT2D eigenvalue weighted by molar-refractivity contribution is 1.01. The van der Waals surface area contributed by atoms with Gasteiger partial charge in [0.25, 0.3) is 0 Å². The van der Waals surface area contributed by atoms with Crippen LogP contribution in [-0.2, 0) is 0 Å². The SMILES string of the molecule is [C]1=C=C=C=C=C1N/C=C/C=NC1=CCCC=C1.[HH]. The van der Waals surface area contributed by atoms with Crippen LogP contribution in [0, 0.1) is 6.08 Å². The van der Waals surface area contributed by atoms with Gasteiger partial charge in [0, 0.05) is 13.8 Å². The van der Waals surface area contributed by atoms with Crippen molar-refractivity contribution in [1.29, 1.82) is 0 Å². The fourth-order valence-corrected chi connectivity index (χ4v) is 1.32. The van der Waals surface area contributed by atoms with E-state index in [1.54, 1.807) is 12.4 Å². The minimum Gasteiger partial charge on any atom is -0.354 e. The fourth-order valence-electron chi connectivity index (χ4n) is 1.32. The molecule has 0 aromatic heterocycles. The van der Waals surface area contributed by atoms with Crippen molar-refractivity contribution in [3.63, 3.8) is 0 Å². The van der Waals surface area contributed by atoms with Crippen LogP contribution in [0.2, 0.25) is 0 Å². The molecule has 0 fully saturated rings. The van der Waals surface area contributed by atoms with Crippen LogP contribution in [0.3, 0.4) is 0 Å². The van der Waals surface area contributed by atoms with E-state index in [1.165, 1.54) is 0 Å². The topological polar surface area (TPSA) is 24.4 Å². The number of hydrogen-bond acceptors (Lipinski definition) is 2. The van der Waals surface area contributed by atoms with Crippen LogP contribution in [-0.4, -0.2) is 6.21 Å². The molecular formula is C15H13N2. The molecular weight excluding hydrogens is 208 g/mol. The number of rotatable bonds is 4. The summed E-state index contributed by atoms with van der Waals surface area (Å²) < 4.78 is 0. The average molecular weight is 221 g/mol. The van der Waals surface area contributed by atoms with E-state index in [-0.39, 0.29) is 1.43 Å². The van der Waals surface area contributed by atoms with Crippen LogP contribution in [0.5, 0.6) is 0 Å². The van der Waals surface area contributed by atoms with Gasteiger partial charge in [0.15, 0.2) is 0 Å². The van der Waals surface area contributed by atoms with Gasteiger partial charge in [0.2, 0.25) is 0 Å². The summed E-state index contributed by atoms with van der Waals surface area (Å²) in [7, 11) is 0. The molecule has 2 rings (SSSR count). The first-order valence-corrected chi connectivity index (χ1v) is 5.41. The zero-order valence-electron chi connectivity index (χ0n) is 9.33. The zero-order valence-corrected chi connectivity index (χ0v) is 9.33. The minimum absolute atomic E-state index is 0. The van der Waals surface area contributed by atoms with Crippen molar-refractivity contribution in [2.75, 3.05) is 0 Å². The van der Waals surface area contributed by atoms with E-state index < -0.39 is 0 Å². The quantitative estimate of drug-likeness (QED) is 0.573. The number of aliphatic imine (C=N–C) groups is 1. The summed E-state index contributed by atoms with van der Waals surface area (Å²) in [4.78, 5) is 4.29. The molecule has 0 heterocycles. The van der Waals surface area contributed by atoms with Gasteiger partial charge in [-0.05, 0) is 47.9 Å². The normalized spacial score (nSPS) is 16.9. The van der Waals surface area contributed by atoms with Crippen molar-refractivity contribution in [3.05, 3.63) is 70.9 Å². The maximum absolute atomic E-state index is 4.29. The van der Waals surface area contributed by atoms with E-state index in [9.17, 15) is 0 Å². The molecule has 0 saturated heterocycles. The lowest BCUT2D eigenvalue weighted by atomic mass is 10.1. The monoisotopic (exact) mass is 221 g/mol. The highest BCUT2D eigenvalue weighted by molar-refractivity contribution is 5.72. The van der Waals surface area contributed by atoms with Gasteiger partial charge in [-0.2, -0.15) is 0 Å². The third kappa shape index (κ3) is 3.89. The molecule has 1 N–H and O–H groups in total. The van der Waals surface area contributed by atoms with Crippen molar-refractivity contribution >= 4 is 6.21 Å². The standard InChI is InChI=1S/C15H11N2.H2/c1-3-8-14(9-4-1)16-12-7-13-17-15-10-5-2-6-11-15;/h3,7-9,12-13,17H,1,4H2;1H/b13-7+,16-12?;. The third-order valence-electron chi connectivity index (χ3n) is 2.11. The lowest BCUT2D eigenvalue weighted by Crippen LogP contribution is -2.01. The van der Waals surface area contributed by atoms with Crippen LogP contribution >= 0.6 is 0 Å². The molecule has 0 aromatic rings. The molecule has 2 aliphatic carbocycles. The Hall–Kier alpha value is -2.45. The Morgan fingerprint density at radius 2 is 2.29 bits per heavy atom. The Kier molecular flexibility index (Phi) is 4.03. The van der Waals surface area contributed by atoms with Gasteiger partial charge in [-0.1, -0.05) is 12.2 Å². The van der Waals surface area contributed by atoms with E-state index in [0.717, 1.165) is 18.5 Å². The van der Waals surface area contributed by atoms with E-state index >= 15 is 0 Å². The molecule has 83 valence electrons. The van der Waals surface area contributed by atoms with Gasteiger partial charge in [-0.3, -0.25) is 4.99 Å². The second kappa shape index (κ2) is 6.20. The van der Waals surface area contributed by atoms with Crippen LogP contribution in [0.25, 0.3) is 0 Å². The largest absolute Gasteiger partial charge is 0.354 e. The highest BCUT2D eigenvalue weighted by Crippen LogP contribution is 2.09. The van der Waals surface area contributed by atoms with Gasteiger partial charge >= 0.3 is 0 Å². The number of nitrogens with one attached hydrogen (secondary N) is 1. The van der Waals surface area contributed by atoms with E-state index in [0.29, 0.717) is 5.70 Å². The summed E-state index contributed by atoms with van der Waals surface area (Å²) in [6, 6.07) is 0. The Morgan fingerprint density at radius 1 is 1.29 bits per heavy atom. The highest BCUT2D eigenvalue weighted by Gasteiger charge is 1.91. The Morgan fingerprint density at radius 3 is 3.06 bits per heavy atom. The van der Waals surface area contributed by atoms with Crippen LogP contribution in [0.1, 0.15) is 14.3 Å². The number of hydrogen-bond donors (Lipinski definition) is 1. The Labute approximate surface area is 102 Å². The summed E-state index contributed by atoms with van der Waals surface area (Å²) in [5.74, 6) is 0. The van der Waals surface area contributed by atoms with Crippen molar-refractivity contribution in [3.8, 4) is 0 Å². The van der Waals surface area contributed by atoms with Crippen LogP contribution < -0.4 is 5.32 Å². The maximum atomic E-state index is 4.29. The van der Waals surface area contributed by atoms with Gasteiger partial charge in [-0.25, -0.2) is 0 Å². The molecule has 0 amide bonds. The Bertz CT molecular complexity index is 580. The van der Waals surface area contributed by atoms with Gasteiger partial charge < -0.3 is 5.32 Å². The van der Waals surface area contributed by atoms with Gasteiger partial charge in [0.05, 0.1) is 11.8 Å². The summed E-state index contributed by atoms with van der Waals surface area (Å²) >= 11 is 0. The fraction of sp³-hybridized carbons (Fsp3) is 0.133. The molecule has 2 heteroatoms. The molecule has 0 unspecified atom stereocenters. The molecule has 1 radical (unpaired) electrons. The number of allylic oxidation sites excluding steroid dienone is 5. The summed E-state index contributed by atoms with van der Waals surface area (Å²) in [5, 5.41) is 2.98. The summed E-state index contributed by atoms with van der Waals surface area (Å²) in [5.41, 5.74) is 12.5. The van der Waals surface area contributed by atoms with E-state index in [1.807, 2.05) is 12.2 Å². The first kappa shape index (κ1) is 11.0. The molecule has 2 aliphatic rings. The second-order valence-corrected chi connectivity index (χ2v) is 3.39. The molecule has 0 atom stereocenters. The highest BCUT2D eigenvalue weighted by atomic mass is 14.8. The predicted molar refractivity (Wildman–Crippen MR) is 70.1 cm³/mol. The molecule has 0 saturated carbocycles. The molecule has 0 bridgehead atoms. The lowest BCUT2D eigenvalue weighted by Gasteiger charge is -1.99. The van der Waals surface area contributed by atoms with Gasteiger partial charge in [-0.15, -0.1) is 0 Å². The van der Waals surface area contributed by atoms with E-state index in [2.05, 4.69) is 51.5 Å². The average Bonchev–Trinajstić information content (AvgIpc) is 2.41. The van der Waals surface area contributed by atoms with Crippen LogP contribution in [0.15, 0.2) is 69.8 Å². The van der Waals surface area contributed by atoms with Crippen molar-refractivity contribution in [2.45, 2.75) is 12.8 Å². The van der Waals surface area contributed by atoms with Gasteiger partial charge in [0.1, 0.15) is 5.70 Å². The molecule has 0 spiro atoms. The first-order valence-electron chi connectivity index (χ1n) is 5.41. The Balaban J connectivity index is 0.00000162. The first-order chi connectivity index (χ1) is 8.45.